The highest BCUT2D eigenvalue weighted by molar-refractivity contribution is 6.14. The molecule has 4 nitrogen and oxygen atoms in total. The van der Waals surface area contributed by atoms with Gasteiger partial charge >= 0.3 is 0 Å². The normalized spacial score (nSPS) is 14.4. The van der Waals surface area contributed by atoms with E-state index in [1.54, 1.807) is 0 Å². The summed E-state index contributed by atoms with van der Waals surface area (Å²) in [6, 6.07) is 74.9. The molecule has 0 fully saturated rings. The van der Waals surface area contributed by atoms with Crippen molar-refractivity contribution in [2.45, 2.75) is 131 Å². The predicted octanol–water partition coefficient (Wildman–Crippen LogP) is 22.4. The fourth-order valence-corrected chi connectivity index (χ4v) is 14.6. The van der Waals surface area contributed by atoms with Gasteiger partial charge in [-0.15, -0.1) is 0 Å². The van der Waals surface area contributed by atoms with E-state index in [0.29, 0.717) is 11.8 Å². The lowest BCUT2D eigenvalue weighted by Crippen LogP contribution is -2.21. The van der Waals surface area contributed by atoms with Crippen LogP contribution in [0.15, 0.2) is 194 Å². The third kappa shape index (κ3) is 7.69. The molecule has 0 amide bonds. The molecule has 0 aliphatic heterocycles. The minimum absolute atomic E-state index is 0.0857. The molecule has 2 aliphatic carbocycles. The Kier molecular flexibility index (Phi) is 11.4. The monoisotopic (exact) mass is 1070 g/mol. The van der Waals surface area contributed by atoms with Crippen LogP contribution in [0.3, 0.4) is 0 Å². The molecule has 0 spiro atoms. The van der Waals surface area contributed by atoms with E-state index in [1.807, 2.05) is 0 Å². The van der Waals surface area contributed by atoms with Crippen molar-refractivity contribution in [3.8, 4) is 22.3 Å². The molecular weight excluding hydrogens is 993 g/mol. The van der Waals surface area contributed by atoms with Crippen molar-refractivity contribution in [1.82, 2.24) is 9.13 Å². The fourth-order valence-electron chi connectivity index (χ4n) is 14.6. The average Bonchev–Trinajstić information content (AvgIpc) is 3.56. The van der Waals surface area contributed by atoms with E-state index in [2.05, 4.69) is 310 Å². The Morgan fingerprint density at radius 1 is 0.329 bits per heavy atom. The second kappa shape index (κ2) is 18.1. The first kappa shape index (κ1) is 51.8. The van der Waals surface area contributed by atoms with Gasteiger partial charge in [-0.2, -0.15) is 0 Å². The number of rotatable bonds is 8. The summed E-state index contributed by atoms with van der Waals surface area (Å²) in [5.74, 6) is 0.873. The summed E-state index contributed by atoms with van der Waals surface area (Å²) < 4.78 is 5.02. The van der Waals surface area contributed by atoms with Gasteiger partial charge in [0.2, 0.25) is 0 Å². The van der Waals surface area contributed by atoms with Crippen LogP contribution in [-0.2, 0) is 21.9 Å². The maximum absolute atomic E-state index is 2.59. The Bertz CT molecular complexity index is 4580. The SMILES string of the molecule is CC(C)c1ccc(N(c2ccc3c(c2)C(C)(C)c2cc4c(cc2-3)C(C)(C)c2cc(N(c3ccc(C(C)C)cc3)c3ccc5c(c3)c3ccccc3n5C(C)(C)C)c3ccccc3c2-4)c2ccc3c(c2)c2ccccc2n3C(C)(C)C)cc1. The van der Waals surface area contributed by atoms with Crippen molar-refractivity contribution in [1.29, 1.82) is 0 Å². The summed E-state index contributed by atoms with van der Waals surface area (Å²) in [5, 5.41) is 7.63. The quantitative estimate of drug-likeness (QED) is 0.151. The van der Waals surface area contributed by atoms with Gasteiger partial charge in [-0.25, -0.2) is 0 Å². The van der Waals surface area contributed by atoms with Gasteiger partial charge in [0.1, 0.15) is 0 Å². The number of hydrogen-bond acceptors (Lipinski definition) is 2. The van der Waals surface area contributed by atoms with Gasteiger partial charge in [0.05, 0.1) is 5.69 Å². The Morgan fingerprint density at radius 2 is 0.720 bits per heavy atom. The summed E-state index contributed by atoms with van der Waals surface area (Å²) in [7, 11) is 0. The second-order valence-corrected chi connectivity index (χ2v) is 27.4. The second-order valence-electron chi connectivity index (χ2n) is 27.4. The number of para-hydroxylation sites is 2. The molecular formula is C78H76N4. The molecule has 12 aromatic rings. The zero-order valence-electron chi connectivity index (χ0n) is 50.4. The van der Waals surface area contributed by atoms with Gasteiger partial charge in [-0.3, -0.25) is 0 Å². The van der Waals surface area contributed by atoms with Crippen molar-refractivity contribution in [2.24, 2.45) is 0 Å². The zero-order valence-corrected chi connectivity index (χ0v) is 50.4. The van der Waals surface area contributed by atoms with Crippen LogP contribution < -0.4 is 9.80 Å². The highest BCUT2D eigenvalue weighted by Crippen LogP contribution is 2.60. The molecule has 0 radical (unpaired) electrons. The third-order valence-electron chi connectivity index (χ3n) is 18.7. The molecule has 4 heteroatoms. The van der Waals surface area contributed by atoms with Crippen LogP contribution >= 0.6 is 0 Å². The van der Waals surface area contributed by atoms with Crippen molar-refractivity contribution < 1.29 is 0 Å². The number of benzene rings is 10. The maximum Gasteiger partial charge on any atom is 0.0543 e. The summed E-state index contributed by atoms with van der Waals surface area (Å²) in [6.07, 6.45) is 0. The molecule has 0 N–H and O–H groups in total. The van der Waals surface area contributed by atoms with Gasteiger partial charge < -0.3 is 18.9 Å². The zero-order chi connectivity index (χ0) is 57.1. The molecule has 408 valence electrons. The van der Waals surface area contributed by atoms with Gasteiger partial charge in [-0.05, 0) is 218 Å². The maximum atomic E-state index is 2.59. The van der Waals surface area contributed by atoms with Gasteiger partial charge in [0.15, 0.2) is 0 Å². The Hall–Kier alpha value is -8.34. The number of fused-ring (bicyclic) bond motifs is 14. The summed E-state index contributed by atoms with van der Waals surface area (Å²) >= 11 is 0. The van der Waals surface area contributed by atoms with E-state index in [1.165, 1.54) is 116 Å². The predicted molar refractivity (Wildman–Crippen MR) is 353 cm³/mol. The highest BCUT2D eigenvalue weighted by atomic mass is 15.2. The molecule has 2 heterocycles. The van der Waals surface area contributed by atoms with E-state index in [0.717, 1.165) is 28.4 Å². The van der Waals surface area contributed by atoms with Crippen LogP contribution in [0.25, 0.3) is 76.6 Å². The van der Waals surface area contributed by atoms with Crippen LogP contribution in [0.1, 0.15) is 142 Å². The Balaban J connectivity index is 0.918. The number of nitrogens with zero attached hydrogens (tertiary/aromatic N) is 4. The summed E-state index contributed by atoms with van der Waals surface area (Å²) in [6.45, 7) is 32.8. The van der Waals surface area contributed by atoms with E-state index < -0.39 is 0 Å². The molecule has 0 bridgehead atoms. The van der Waals surface area contributed by atoms with E-state index >= 15 is 0 Å². The minimum Gasteiger partial charge on any atom is -0.335 e. The van der Waals surface area contributed by atoms with Gasteiger partial charge in [-0.1, -0.05) is 146 Å². The van der Waals surface area contributed by atoms with E-state index in [4.69, 9.17) is 0 Å². The Morgan fingerprint density at radius 3 is 1.24 bits per heavy atom. The standard InChI is InChI=1S/C78H76N4/c1-47(2)49-27-31-51(32-28-49)79(53-36-39-71-62(41-53)58-22-17-19-25-69(58)81(71)75(5,6)7)55-35-38-56-61-44-67-64(45-66(61)77(11,12)65(56)43-55)74-60-24-16-15-21-57(60)73(46-68(74)78(67,13)14)80(52-33-29-50(30-34-52)48(3)4)54-37-40-72-63(42-54)59-23-18-20-26-70(59)82(72)76(8,9)10/h15-48H,1-14H3. The van der Waals surface area contributed by atoms with E-state index in [9.17, 15) is 0 Å². The number of hydrogen-bond donors (Lipinski definition) is 0. The van der Waals surface area contributed by atoms with Crippen LogP contribution in [0, 0.1) is 0 Å². The Labute approximate surface area is 485 Å². The van der Waals surface area contributed by atoms with Crippen LogP contribution in [-0.4, -0.2) is 9.13 Å². The van der Waals surface area contributed by atoms with Gasteiger partial charge in [0, 0.05) is 99.3 Å². The van der Waals surface area contributed by atoms with Crippen LogP contribution in [0.5, 0.6) is 0 Å². The van der Waals surface area contributed by atoms with Crippen LogP contribution in [0.4, 0.5) is 34.1 Å². The minimum atomic E-state index is -0.295. The average molecular weight is 1070 g/mol. The fraction of sp³-hybridized carbons (Fsp3) is 0.256. The molecule has 0 unspecified atom stereocenters. The van der Waals surface area contributed by atoms with Crippen molar-refractivity contribution in [3.05, 3.63) is 228 Å². The van der Waals surface area contributed by atoms with E-state index in [-0.39, 0.29) is 21.9 Å². The molecule has 0 saturated heterocycles. The lowest BCUT2D eigenvalue weighted by atomic mass is 9.79. The number of anilines is 6. The summed E-state index contributed by atoms with van der Waals surface area (Å²) in [5.41, 5.74) is 24.8. The molecule has 2 aliphatic rings. The largest absolute Gasteiger partial charge is 0.335 e. The lowest BCUT2D eigenvalue weighted by molar-refractivity contribution is 0.423. The third-order valence-corrected chi connectivity index (χ3v) is 18.7. The van der Waals surface area contributed by atoms with Crippen molar-refractivity contribution >= 4 is 88.5 Å². The van der Waals surface area contributed by atoms with Gasteiger partial charge in [0.25, 0.3) is 0 Å². The first-order chi connectivity index (χ1) is 39.1. The molecule has 82 heavy (non-hydrogen) atoms. The molecule has 10 aromatic carbocycles. The topological polar surface area (TPSA) is 16.3 Å². The summed E-state index contributed by atoms with van der Waals surface area (Å²) in [4.78, 5) is 5.02. The smallest absolute Gasteiger partial charge is 0.0543 e. The number of aromatic nitrogens is 2. The first-order valence-corrected chi connectivity index (χ1v) is 29.9. The molecule has 0 atom stereocenters. The van der Waals surface area contributed by atoms with Crippen molar-refractivity contribution in [2.75, 3.05) is 9.80 Å². The van der Waals surface area contributed by atoms with Crippen LogP contribution in [0.2, 0.25) is 0 Å². The first-order valence-electron chi connectivity index (χ1n) is 29.9. The molecule has 0 saturated carbocycles. The van der Waals surface area contributed by atoms with Crippen molar-refractivity contribution in [3.63, 3.8) is 0 Å². The molecule has 14 rings (SSSR count). The lowest BCUT2D eigenvalue weighted by Gasteiger charge is -2.30. The highest BCUT2D eigenvalue weighted by Gasteiger charge is 2.43. The molecule has 2 aromatic heterocycles.